The zero-order valence-electron chi connectivity index (χ0n) is 20.5. The van der Waals surface area contributed by atoms with Crippen molar-refractivity contribution in [2.45, 2.75) is 50.7 Å². The van der Waals surface area contributed by atoms with E-state index in [9.17, 15) is 14.9 Å². The number of nitrogens with zero attached hydrogens (tertiary/aromatic N) is 2. The summed E-state index contributed by atoms with van der Waals surface area (Å²) in [6.45, 7) is 4.49. The Morgan fingerprint density at radius 1 is 1.03 bits per heavy atom. The van der Waals surface area contributed by atoms with Gasteiger partial charge in [0.15, 0.2) is 0 Å². The van der Waals surface area contributed by atoms with Gasteiger partial charge < -0.3 is 9.47 Å². The number of benzene rings is 3. The van der Waals surface area contributed by atoms with Crippen molar-refractivity contribution in [3.8, 4) is 11.8 Å². The smallest absolute Gasteiger partial charge is 0.240 e. The van der Waals surface area contributed by atoms with Gasteiger partial charge in [0, 0.05) is 17.2 Å². The van der Waals surface area contributed by atoms with Gasteiger partial charge in [0.2, 0.25) is 11.8 Å². The van der Waals surface area contributed by atoms with Gasteiger partial charge in [0.1, 0.15) is 5.75 Å². The predicted molar refractivity (Wildman–Crippen MR) is 136 cm³/mol. The number of imide groups is 1. The molecule has 2 bridgehead atoms. The summed E-state index contributed by atoms with van der Waals surface area (Å²) >= 11 is 0. The number of nitriles is 1. The van der Waals surface area contributed by atoms with E-state index in [0.29, 0.717) is 24.3 Å². The second kappa shape index (κ2) is 8.18. The van der Waals surface area contributed by atoms with E-state index in [1.54, 1.807) is 12.1 Å². The third-order valence-corrected chi connectivity index (χ3v) is 8.37. The van der Waals surface area contributed by atoms with Crippen LogP contribution in [0.5, 0.6) is 5.75 Å². The number of amides is 2. The van der Waals surface area contributed by atoms with E-state index < -0.39 is 23.0 Å². The van der Waals surface area contributed by atoms with E-state index in [1.165, 1.54) is 10.5 Å². The average molecular weight is 481 g/mol. The first-order valence-electron chi connectivity index (χ1n) is 12.6. The highest BCUT2D eigenvalue weighted by Crippen LogP contribution is 2.62. The van der Waals surface area contributed by atoms with Gasteiger partial charge in [0.25, 0.3) is 0 Å². The lowest BCUT2D eigenvalue weighted by atomic mass is 9.67. The van der Waals surface area contributed by atoms with Crippen LogP contribution in [0.1, 0.15) is 44.2 Å². The maximum Gasteiger partial charge on any atom is 0.240 e. The van der Waals surface area contributed by atoms with Crippen LogP contribution in [0.3, 0.4) is 0 Å². The second-order valence-electron chi connectivity index (χ2n) is 10.3. The lowest BCUT2D eigenvalue weighted by Gasteiger charge is -2.31. The Labute approximate surface area is 210 Å². The maximum absolute atomic E-state index is 14.0. The summed E-state index contributed by atoms with van der Waals surface area (Å²) in [5, 5.41) is 11.0. The molecule has 0 aliphatic carbocycles. The van der Waals surface area contributed by atoms with Crippen LogP contribution in [0.2, 0.25) is 0 Å². The molecule has 0 saturated carbocycles. The van der Waals surface area contributed by atoms with Crippen molar-refractivity contribution in [1.82, 2.24) is 0 Å². The van der Waals surface area contributed by atoms with E-state index in [1.807, 2.05) is 49.4 Å². The lowest BCUT2D eigenvalue weighted by molar-refractivity contribution is -0.131. The average Bonchev–Trinajstić information content (AvgIpc) is 3.48. The molecule has 3 aliphatic heterocycles. The van der Waals surface area contributed by atoms with Gasteiger partial charge in [0.05, 0.1) is 47.0 Å². The number of hydrogen-bond donors (Lipinski definition) is 0. The third kappa shape index (κ3) is 3.19. The molecule has 6 heteroatoms. The molecule has 182 valence electrons. The minimum atomic E-state index is -0.717. The monoisotopic (exact) mass is 480 g/mol. The number of anilines is 1. The van der Waals surface area contributed by atoms with Crippen LogP contribution in [0.4, 0.5) is 5.69 Å². The fourth-order valence-electron chi connectivity index (χ4n) is 6.62. The number of hydrogen-bond acceptors (Lipinski definition) is 5. The molecular weight excluding hydrogens is 452 g/mol. The van der Waals surface area contributed by atoms with E-state index in [0.717, 1.165) is 35.8 Å². The molecule has 0 aromatic heterocycles. The maximum atomic E-state index is 14.0. The molecule has 0 unspecified atom stereocenters. The zero-order chi connectivity index (χ0) is 25.1. The molecule has 36 heavy (non-hydrogen) atoms. The lowest BCUT2D eigenvalue weighted by Crippen LogP contribution is -2.43. The SMILES string of the molecule is CCc1cccc(OCC[C@@]23CC[C@@](C)(O2)[C@H]2C(=O)N(c4ccc(C#N)c5ccccc45)C(=O)[C@H]23)c1. The molecule has 3 aliphatic rings. The molecule has 6 nitrogen and oxygen atoms in total. The highest BCUT2D eigenvalue weighted by molar-refractivity contribution is 6.26. The van der Waals surface area contributed by atoms with Crippen molar-refractivity contribution in [3.63, 3.8) is 0 Å². The Bertz CT molecular complexity index is 1440. The first kappa shape index (κ1) is 22.8. The Morgan fingerprint density at radius 2 is 1.81 bits per heavy atom. The van der Waals surface area contributed by atoms with Crippen molar-refractivity contribution in [3.05, 3.63) is 71.8 Å². The fraction of sp³-hybridized carbons (Fsp3) is 0.367. The van der Waals surface area contributed by atoms with Gasteiger partial charge in [-0.3, -0.25) is 9.59 Å². The predicted octanol–water partition coefficient (Wildman–Crippen LogP) is 5.17. The molecule has 0 spiro atoms. The summed E-state index contributed by atoms with van der Waals surface area (Å²) in [5.74, 6) is -0.669. The van der Waals surface area contributed by atoms with Gasteiger partial charge in [-0.25, -0.2) is 4.90 Å². The molecule has 2 amide bonds. The normalized spacial score (nSPS) is 28.5. The van der Waals surface area contributed by atoms with Gasteiger partial charge in [-0.2, -0.15) is 5.26 Å². The second-order valence-corrected chi connectivity index (χ2v) is 10.3. The number of aryl methyl sites for hydroxylation is 1. The van der Waals surface area contributed by atoms with E-state index in [2.05, 4.69) is 19.1 Å². The van der Waals surface area contributed by atoms with Crippen LogP contribution in [0, 0.1) is 23.2 Å². The molecule has 3 heterocycles. The highest BCUT2D eigenvalue weighted by atomic mass is 16.5. The van der Waals surface area contributed by atoms with Gasteiger partial charge in [-0.05, 0) is 56.0 Å². The van der Waals surface area contributed by atoms with E-state index >= 15 is 0 Å². The first-order chi connectivity index (χ1) is 17.4. The number of carbonyl (C=O) groups excluding carboxylic acids is 2. The molecule has 0 N–H and O–H groups in total. The van der Waals surface area contributed by atoms with E-state index in [4.69, 9.17) is 9.47 Å². The minimum absolute atomic E-state index is 0.208. The van der Waals surface area contributed by atoms with Crippen LogP contribution in [-0.4, -0.2) is 29.6 Å². The van der Waals surface area contributed by atoms with Crippen LogP contribution < -0.4 is 9.64 Å². The molecule has 3 aromatic rings. The van der Waals surface area contributed by atoms with Crippen LogP contribution in [0.15, 0.2) is 60.7 Å². The molecule has 3 aromatic carbocycles. The zero-order valence-corrected chi connectivity index (χ0v) is 20.5. The van der Waals surface area contributed by atoms with Crippen molar-refractivity contribution < 1.29 is 19.1 Å². The van der Waals surface area contributed by atoms with Gasteiger partial charge >= 0.3 is 0 Å². The summed E-state index contributed by atoms with van der Waals surface area (Å²) in [5.41, 5.74) is 0.880. The molecule has 3 fully saturated rings. The van der Waals surface area contributed by atoms with E-state index in [-0.39, 0.29) is 11.8 Å². The largest absolute Gasteiger partial charge is 0.493 e. The fourth-order valence-corrected chi connectivity index (χ4v) is 6.62. The quantitative estimate of drug-likeness (QED) is 0.455. The van der Waals surface area contributed by atoms with Crippen molar-refractivity contribution in [2.75, 3.05) is 11.5 Å². The molecular formula is C30H28N2O4. The number of ether oxygens (including phenoxy) is 2. The van der Waals surface area contributed by atoms with Crippen LogP contribution in [-0.2, 0) is 20.7 Å². The van der Waals surface area contributed by atoms with Crippen LogP contribution >= 0.6 is 0 Å². The summed E-state index contributed by atoms with van der Waals surface area (Å²) < 4.78 is 12.6. The summed E-state index contributed by atoms with van der Waals surface area (Å²) in [7, 11) is 0. The number of fused-ring (bicyclic) bond motifs is 6. The van der Waals surface area contributed by atoms with Crippen molar-refractivity contribution in [1.29, 1.82) is 5.26 Å². The number of carbonyl (C=O) groups is 2. The Balaban J connectivity index is 1.32. The Morgan fingerprint density at radius 3 is 2.58 bits per heavy atom. The van der Waals surface area contributed by atoms with Gasteiger partial charge in [-0.1, -0.05) is 43.3 Å². The number of rotatable bonds is 6. The summed E-state index contributed by atoms with van der Waals surface area (Å²) in [4.78, 5) is 29.1. The summed E-state index contributed by atoms with van der Waals surface area (Å²) in [6.07, 6.45) is 2.94. The third-order valence-electron chi connectivity index (χ3n) is 8.37. The van der Waals surface area contributed by atoms with Crippen molar-refractivity contribution in [2.24, 2.45) is 11.8 Å². The highest BCUT2D eigenvalue weighted by Gasteiger charge is 2.73. The molecule has 6 rings (SSSR count). The topological polar surface area (TPSA) is 79.6 Å². The Hall–Kier alpha value is -3.69. The van der Waals surface area contributed by atoms with Crippen LogP contribution in [0.25, 0.3) is 10.8 Å². The van der Waals surface area contributed by atoms with Gasteiger partial charge in [-0.15, -0.1) is 0 Å². The molecule has 0 radical (unpaired) electrons. The molecule has 4 atom stereocenters. The standard InChI is InChI=1S/C30H28N2O4/c1-3-19-7-6-8-21(17-19)35-16-15-30-14-13-29(2,36-30)25-26(30)28(34)32(27(25)33)24-12-11-20(18-31)22-9-4-5-10-23(22)24/h4-12,17,25-26H,3,13-16H2,1-2H3/t25-,26+,29-,30-/m1/s1. The minimum Gasteiger partial charge on any atom is -0.493 e. The van der Waals surface area contributed by atoms with Crippen molar-refractivity contribution >= 4 is 28.3 Å². The first-order valence-corrected chi connectivity index (χ1v) is 12.6. The Kier molecular flexibility index (Phi) is 5.17. The molecule has 3 saturated heterocycles. The summed E-state index contributed by atoms with van der Waals surface area (Å²) in [6, 6.07) is 21.1.